The zero-order valence-corrected chi connectivity index (χ0v) is 11.3. The average molecular weight is 286 g/mol. The van der Waals surface area contributed by atoms with Crippen LogP contribution >= 0.6 is 11.8 Å². The molecule has 1 N–H and O–H groups in total. The predicted molar refractivity (Wildman–Crippen MR) is 74.1 cm³/mol. The molecule has 2 aromatic heterocycles. The molecule has 5 nitrogen and oxygen atoms in total. The molecule has 0 atom stereocenters. The van der Waals surface area contributed by atoms with E-state index in [9.17, 15) is 4.79 Å². The number of fused-ring (bicyclic) bond motifs is 1. The summed E-state index contributed by atoms with van der Waals surface area (Å²) in [6.07, 6.45) is 0. The average Bonchev–Trinajstić information content (AvgIpc) is 2.91. The lowest BCUT2D eigenvalue weighted by Crippen LogP contribution is -1.92. The van der Waals surface area contributed by atoms with E-state index >= 15 is 0 Å². The fourth-order valence-corrected chi connectivity index (χ4v) is 2.70. The molecule has 6 heteroatoms. The van der Waals surface area contributed by atoms with Crippen LogP contribution < -0.4 is 0 Å². The Balaban J connectivity index is 2.02. The standard InChI is InChI=1S/C14H10N2O3S/c1-8-9-4-2-3-5-10(9)13(16-15-8)20-12-7-6-11(19-12)14(17)18/h2-7H,1H3,(H,17,18). The maximum atomic E-state index is 10.8. The lowest BCUT2D eigenvalue weighted by molar-refractivity contribution is 0.0656. The highest BCUT2D eigenvalue weighted by atomic mass is 32.2. The van der Waals surface area contributed by atoms with Gasteiger partial charge in [0, 0.05) is 10.8 Å². The summed E-state index contributed by atoms with van der Waals surface area (Å²) in [5, 5.41) is 20.3. The maximum absolute atomic E-state index is 10.8. The normalized spacial score (nSPS) is 10.8. The van der Waals surface area contributed by atoms with E-state index in [2.05, 4.69) is 10.2 Å². The van der Waals surface area contributed by atoms with Gasteiger partial charge in [0.25, 0.3) is 0 Å². The van der Waals surface area contributed by atoms with Crippen molar-refractivity contribution >= 4 is 28.5 Å². The molecular weight excluding hydrogens is 276 g/mol. The van der Waals surface area contributed by atoms with Gasteiger partial charge in [-0.3, -0.25) is 0 Å². The summed E-state index contributed by atoms with van der Waals surface area (Å²) in [4.78, 5) is 10.8. The highest BCUT2D eigenvalue weighted by molar-refractivity contribution is 7.99. The van der Waals surface area contributed by atoms with Gasteiger partial charge in [-0.25, -0.2) is 4.79 Å². The van der Waals surface area contributed by atoms with Crippen LogP contribution in [-0.2, 0) is 0 Å². The second kappa shape index (κ2) is 4.97. The molecule has 2 heterocycles. The molecule has 0 radical (unpaired) electrons. The second-order valence-electron chi connectivity index (χ2n) is 4.16. The second-order valence-corrected chi connectivity index (χ2v) is 5.16. The third-order valence-electron chi connectivity index (χ3n) is 2.83. The van der Waals surface area contributed by atoms with Crippen LogP contribution in [0.5, 0.6) is 0 Å². The molecular formula is C14H10N2O3S. The third-order valence-corrected chi connectivity index (χ3v) is 3.74. The van der Waals surface area contributed by atoms with Crippen molar-refractivity contribution in [3.8, 4) is 0 Å². The minimum atomic E-state index is -1.09. The smallest absolute Gasteiger partial charge is 0.371 e. The van der Waals surface area contributed by atoms with Crippen LogP contribution in [0.4, 0.5) is 0 Å². The minimum Gasteiger partial charge on any atom is -0.475 e. The van der Waals surface area contributed by atoms with Gasteiger partial charge >= 0.3 is 5.97 Å². The van der Waals surface area contributed by atoms with Gasteiger partial charge in [0.2, 0.25) is 5.76 Å². The van der Waals surface area contributed by atoms with Gasteiger partial charge in [0.05, 0.1) is 5.69 Å². The van der Waals surface area contributed by atoms with E-state index in [1.54, 1.807) is 6.07 Å². The summed E-state index contributed by atoms with van der Waals surface area (Å²) < 4.78 is 5.22. The predicted octanol–water partition coefficient (Wildman–Crippen LogP) is 3.38. The van der Waals surface area contributed by atoms with Crippen LogP contribution in [0.2, 0.25) is 0 Å². The van der Waals surface area contributed by atoms with Crippen molar-refractivity contribution in [2.45, 2.75) is 17.0 Å². The molecule has 0 spiro atoms. The lowest BCUT2D eigenvalue weighted by atomic mass is 10.1. The van der Waals surface area contributed by atoms with Crippen molar-refractivity contribution in [2.24, 2.45) is 0 Å². The Morgan fingerprint density at radius 3 is 2.60 bits per heavy atom. The van der Waals surface area contributed by atoms with Crippen LogP contribution in [0.1, 0.15) is 16.2 Å². The van der Waals surface area contributed by atoms with Crippen LogP contribution in [-0.4, -0.2) is 21.3 Å². The molecule has 1 aromatic carbocycles. The zero-order valence-electron chi connectivity index (χ0n) is 10.5. The molecule has 0 saturated carbocycles. The van der Waals surface area contributed by atoms with E-state index in [1.165, 1.54) is 17.8 Å². The molecule has 0 amide bonds. The molecule has 0 aliphatic rings. The number of hydrogen-bond acceptors (Lipinski definition) is 5. The van der Waals surface area contributed by atoms with E-state index in [0.717, 1.165) is 16.5 Å². The zero-order chi connectivity index (χ0) is 14.1. The van der Waals surface area contributed by atoms with E-state index in [1.807, 2.05) is 31.2 Å². The maximum Gasteiger partial charge on any atom is 0.371 e. The molecule has 0 unspecified atom stereocenters. The van der Waals surface area contributed by atoms with Crippen LogP contribution in [0, 0.1) is 6.92 Å². The van der Waals surface area contributed by atoms with Gasteiger partial charge in [-0.05, 0) is 30.8 Å². The Morgan fingerprint density at radius 1 is 1.15 bits per heavy atom. The van der Waals surface area contributed by atoms with Crippen molar-refractivity contribution in [2.75, 3.05) is 0 Å². The Hall–Kier alpha value is -2.34. The van der Waals surface area contributed by atoms with Gasteiger partial charge in [-0.2, -0.15) is 5.10 Å². The van der Waals surface area contributed by atoms with Crippen molar-refractivity contribution < 1.29 is 14.3 Å². The van der Waals surface area contributed by atoms with E-state index in [0.29, 0.717) is 10.1 Å². The number of carbonyl (C=O) groups is 1. The number of furan rings is 1. The number of carboxylic acids is 1. The molecule has 3 aromatic rings. The first-order valence-electron chi connectivity index (χ1n) is 5.88. The van der Waals surface area contributed by atoms with Gasteiger partial charge < -0.3 is 9.52 Å². The van der Waals surface area contributed by atoms with Crippen molar-refractivity contribution in [3.63, 3.8) is 0 Å². The number of benzene rings is 1. The lowest BCUT2D eigenvalue weighted by Gasteiger charge is -2.04. The molecule has 0 aliphatic carbocycles. The van der Waals surface area contributed by atoms with Crippen LogP contribution in [0.15, 0.2) is 50.9 Å². The van der Waals surface area contributed by atoms with Crippen molar-refractivity contribution in [1.29, 1.82) is 0 Å². The molecule has 0 aliphatic heterocycles. The van der Waals surface area contributed by atoms with Gasteiger partial charge in [-0.15, -0.1) is 5.10 Å². The Labute approximate surface area is 118 Å². The molecule has 0 fully saturated rings. The SMILES string of the molecule is Cc1nnc(Sc2ccc(C(=O)O)o2)c2ccccc12. The fourth-order valence-electron chi connectivity index (χ4n) is 1.87. The molecule has 0 bridgehead atoms. The fraction of sp³-hybridized carbons (Fsp3) is 0.0714. The Morgan fingerprint density at radius 2 is 1.90 bits per heavy atom. The Bertz CT molecular complexity index is 798. The topological polar surface area (TPSA) is 76.2 Å². The van der Waals surface area contributed by atoms with E-state index < -0.39 is 5.97 Å². The van der Waals surface area contributed by atoms with Gasteiger partial charge in [0.1, 0.15) is 5.03 Å². The molecule has 3 rings (SSSR count). The van der Waals surface area contributed by atoms with Gasteiger partial charge in [-0.1, -0.05) is 24.3 Å². The van der Waals surface area contributed by atoms with Crippen LogP contribution in [0.3, 0.4) is 0 Å². The quantitative estimate of drug-likeness (QED) is 0.795. The number of aromatic nitrogens is 2. The van der Waals surface area contributed by atoms with E-state index in [4.69, 9.17) is 9.52 Å². The summed E-state index contributed by atoms with van der Waals surface area (Å²) in [7, 11) is 0. The summed E-state index contributed by atoms with van der Waals surface area (Å²) in [5.41, 5.74) is 0.857. The summed E-state index contributed by atoms with van der Waals surface area (Å²) in [6, 6.07) is 10.9. The number of nitrogens with zero attached hydrogens (tertiary/aromatic N) is 2. The number of aryl methyl sites for hydroxylation is 1. The highest BCUT2D eigenvalue weighted by Crippen LogP contribution is 2.33. The van der Waals surface area contributed by atoms with Crippen molar-refractivity contribution in [1.82, 2.24) is 10.2 Å². The summed E-state index contributed by atoms with van der Waals surface area (Å²) in [5.74, 6) is -1.17. The summed E-state index contributed by atoms with van der Waals surface area (Å²) >= 11 is 1.26. The van der Waals surface area contributed by atoms with Gasteiger partial charge in [0.15, 0.2) is 5.09 Å². The first-order valence-corrected chi connectivity index (χ1v) is 6.70. The molecule has 20 heavy (non-hydrogen) atoms. The first-order chi connectivity index (χ1) is 9.65. The van der Waals surface area contributed by atoms with E-state index in [-0.39, 0.29) is 5.76 Å². The monoisotopic (exact) mass is 286 g/mol. The number of carboxylic acid groups (broad SMARTS) is 1. The molecule has 100 valence electrons. The van der Waals surface area contributed by atoms with Crippen LogP contribution in [0.25, 0.3) is 10.8 Å². The number of hydrogen-bond donors (Lipinski definition) is 1. The molecule has 0 saturated heterocycles. The largest absolute Gasteiger partial charge is 0.475 e. The first kappa shape index (κ1) is 12.7. The number of rotatable bonds is 3. The minimum absolute atomic E-state index is 0.0862. The van der Waals surface area contributed by atoms with Crippen molar-refractivity contribution in [3.05, 3.63) is 47.9 Å². The Kier molecular flexibility index (Phi) is 3.15. The summed E-state index contributed by atoms with van der Waals surface area (Å²) in [6.45, 7) is 1.90. The highest BCUT2D eigenvalue weighted by Gasteiger charge is 2.13. The number of aromatic carboxylic acids is 1. The third kappa shape index (κ3) is 2.25.